The summed E-state index contributed by atoms with van der Waals surface area (Å²) in [5.74, 6) is -1.45. The predicted octanol–water partition coefficient (Wildman–Crippen LogP) is 5.03. The molecule has 0 spiro atoms. The van der Waals surface area contributed by atoms with Gasteiger partial charge in [-0.25, -0.2) is 13.5 Å². The van der Waals surface area contributed by atoms with E-state index >= 15 is 0 Å². The van der Waals surface area contributed by atoms with Gasteiger partial charge in [-0.05, 0) is 74.7 Å². The second kappa shape index (κ2) is 10.7. The SMILES string of the molecule is Cn1c(CN2CCC(CCOc3ccc(F)c(F)c3)CC2)cc(=O)n1-c1ccc(OC(F)(F)F)cc1. The van der Waals surface area contributed by atoms with Crippen LogP contribution in [-0.2, 0) is 13.6 Å². The number of nitrogens with zero attached hydrogens (tertiary/aromatic N) is 3. The van der Waals surface area contributed by atoms with Crippen LogP contribution in [0.4, 0.5) is 22.0 Å². The number of benzene rings is 2. The molecule has 0 saturated carbocycles. The normalized spacial score (nSPS) is 15.3. The Morgan fingerprint density at radius 3 is 2.25 bits per heavy atom. The molecule has 1 aliphatic heterocycles. The Balaban J connectivity index is 1.29. The molecule has 1 saturated heterocycles. The molecular formula is C25H26F5N3O3. The minimum Gasteiger partial charge on any atom is -0.493 e. The highest BCUT2D eigenvalue weighted by Crippen LogP contribution is 2.25. The van der Waals surface area contributed by atoms with E-state index in [0.717, 1.165) is 50.2 Å². The van der Waals surface area contributed by atoms with Gasteiger partial charge in [0, 0.05) is 25.7 Å². The minimum absolute atomic E-state index is 0.277. The number of aromatic nitrogens is 2. The highest BCUT2D eigenvalue weighted by atomic mass is 19.4. The number of ether oxygens (including phenoxy) is 2. The van der Waals surface area contributed by atoms with Gasteiger partial charge in [0.25, 0.3) is 5.56 Å². The summed E-state index contributed by atoms with van der Waals surface area (Å²) in [5, 5.41) is 0. The molecule has 2 heterocycles. The van der Waals surface area contributed by atoms with E-state index in [2.05, 4.69) is 9.64 Å². The third kappa shape index (κ3) is 6.45. The van der Waals surface area contributed by atoms with E-state index in [-0.39, 0.29) is 11.3 Å². The molecular weight excluding hydrogens is 485 g/mol. The van der Waals surface area contributed by atoms with Crippen LogP contribution in [0.2, 0.25) is 0 Å². The minimum atomic E-state index is -4.78. The molecule has 3 aromatic rings. The van der Waals surface area contributed by atoms with E-state index in [9.17, 15) is 26.7 Å². The van der Waals surface area contributed by atoms with Gasteiger partial charge in [0.15, 0.2) is 11.6 Å². The van der Waals surface area contributed by atoms with Gasteiger partial charge in [-0.3, -0.25) is 14.4 Å². The molecule has 1 fully saturated rings. The molecule has 0 aliphatic carbocycles. The zero-order chi connectivity index (χ0) is 25.9. The van der Waals surface area contributed by atoms with Crippen LogP contribution < -0.4 is 15.0 Å². The van der Waals surface area contributed by atoms with Crippen molar-refractivity contribution in [1.82, 2.24) is 14.3 Å². The number of likely N-dealkylation sites (tertiary alicyclic amines) is 1. The van der Waals surface area contributed by atoms with E-state index < -0.39 is 18.0 Å². The second-order valence-corrected chi connectivity index (χ2v) is 8.78. The Morgan fingerprint density at radius 2 is 1.61 bits per heavy atom. The van der Waals surface area contributed by atoms with Crippen molar-refractivity contribution in [3.05, 3.63) is 76.2 Å². The lowest BCUT2D eigenvalue weighted by molar-refractivity contribution is -0.274. The van der Waals surface area contributed by atoms with Crippen molar-refractivity contribution in [1.29, 1.82) is 0 Å². The average molecular weight is 511 g/mol. The van der Waals surface area contributed by atoms with Crippen LogP contribution in [-0.4, -0.2) is 40.3 Å². The van der Waals surface area contributed by atoms with E-state index in [1.807, 2.05) is 0 Å². The van der Waals surface area contributed by atoms with Crippen LogP contribution in [0, 0.1) is 17.6 Å². The van der Waals surface area contributed by atoms with Crippen molar-refractivity contribution in [2.75, 3.05) is 19.7 Å². The van der Waals surface area contributed by atoms with Gasteiger partial charge in [-0.15, -0.1) is 13.2 Å². The summed E-state index contributed by atoms with van der Waals surface area (Å²) in [5.41, 5.74) is 0.944. The first-order valence-electron chi connectivity index (χ1n) is 11.5. The smallest absolute Gasteiger partial charge is 0.493 e. The molecule has 11 heteroatoms. The van der Waals surface area contributed by atoms with Gasteiger partial charge in [0.1, 0.15) is 11.5 Å². The van der Waals surface area contributed by atoms with Crippen molar-refractivity contribution >= 4 is 0 Å². The standard InChI is InChI=1S/C25H26F5N3O3/c1-31-19(14-24(34)33(31)18-2-4-20(5-3-18)36-25(28,29)30)16-32-11-8-17(9-12-32)10-13-35-21-6-7-22(26)23(27)15-21/h2-7,14-15,17H,8-13,16H2,1H3. The van der Waals surface area contributed by atoms with Gasteiger partial charge in [0.2, 0.25) is 0 Å². The number of rotatable bonds is 8. The lowest BCUT2D eigenvalue weighted by atomic mass is 9.94. The van der Waals surface area contributed by atoms with Crippen LogP contribution in [0.5, 0.6) is 11.5 Å². The molecule has 0 atom stereocenters. The Bertz CT molecular complexity index is 1230. The molecule has 0 bridgehead atoms. The lowest BCUT2D eigenvalue weighted by Crippen LogP contribution is -2.34. The summed E-state index contributed by atoms with van der Waals surface area (Å²) in [6, 6.07) is 10.2. The number of halogens is 5. The molecule has 36 heavy (non-hydrogen) atoms. The molecule has 0 N–H and O–H groups in total. The molecule has 0 amide bonds. The maximum atomic E-state index is 13.3. The number of hydrogen-bond acceptors (Lipinski definition) is 4. The summed E-state index contributed by atoms with van der Waals surface area (Å²) >= 11 is 0. The Morgan fingerprint density at radius 1 is 0.944 bits per heavy atom. The first kappa shape index (κ1) is 25.7. The Labute approximate surface area is 204 Å². The summed E-state index contributed by atoms with van der Waals surface area (Å²) in [4.78, 5) is 14.8. The van der Waals surface area contributed by atoms with E-state index in [4.69, 9.17) is 4.74 Å². The summed E-state index contributed by atoms with van der Waals surface area (Å²) in [6.07, 6.45) is -2.10. The first-order chi connectivity index (χ1) is 17.1. The van der Waals surface area contributed by atoms with E-state index in [1.54, 1.807) is 11.7 Å². The number of piperidine rings is 1. The van der Waals surface area contributed by atoms with Crippen LogP contribution in [0.1, 0.15) is 25.0 Å². The van der Waals surface area contributed by atoms with E-state index in [1.165, 1.54) is 41.1 Å². The zero-order valence-corrected chi connectivity index (χ0v) is 19.6. The van der Waals surface area contributed by atoms with Crippen LogP contribution in [0.25, 0.3) is 5.69 Å². The molecule has 4 rings (SSSR count). The van der Waals surface area contributed by atoms with Crippen LogP contribution >= 0.6 is 0 Å². The first-order valence-corrected chi connectivity index (χ1v) is 11.5. The average Bonchev–Trinajstić information content (AvgIpc) is 3.09. The highest BCUT2D eigenvalue weighted by molar-refractivity contribution is 5.37. The number of hydrogen-bond donors (Lipinski definition) is 0. The second-order valence-electron chi connectivity index (χ2n) is 8.78. The summed E-state index contributed by atoms with van der Waals surface area (Å²) in [7, 11) is 1.74. The maximum Gasteiger partial charge on any atom is 0.573 e. The fourth-order valence-corrected chi connectivity index (χ4v) is 4.38. The quantitative estimate of drug-likeness (QED) is 0.398. The van der Waals surface area contributed by atoms with Crippen molar-refractivity contribution in [2.45, 2.75) is 32.2 Å². The Hall–Kier alpha value is -3.34. The fraction of sp³-hybridized carbons (Fsp3) is 0.400. The monoisotopic (exact) mass is 511 g/mol. The summed E-state index contributed by atoms with van der Waals surface area (Å²) in [6.45, 7) is 2.64. The molecule has 2 aromatic carbocycles. The molecule has 0 unspecified atom stereocenters. The van der Waals surface area contributed by atoms with E-state index in [0.29, 0.717) is 30.5 Å². The summed E-state index contributed by atoms with van der Waals surface area (Å²) < 4.78 is 76.0. The topological polar surface area (TPSA) is 48.6 Å². The largest absolute Gasteiger partial charge is 0.573 e. The predicted molar refractivity (Wildman–Crippen MR) is 122 cm³/mol. The molecule has 6 nitrogen and oxygen atoms in total. The molecule has 1 aliphatic rings. The van der Waals surface area contributed by atoms with Gasteiger partial charge in [0.05, 0.1) is 18.0 Å². The van der Waals surface area contributed by atoms with Gasteiger partial charge < -0.3 is 9.47 Å². The van der Waals surface area contributed by atoms with Crippen molar-refractivity contribution in [2.24, 2.45) is 13.0 Å². The molecule has 194 valence electrons. The van der Waals surface area contributed by atoms with Crippen molar-refractivity contribution < 1.29 is 31.4 Å². The van der Waals surface area contributed by atoms with Gasteiger partial charge >= 0.3 is 6.36 Å². The lowest BCUT2D eigenvalue weighted by Gasteiger charge is -2.32. The zero-order valence-electron chi connectivity index (χ0n) is 19.6. The molecule has 0 radical (unpaired) electrons. The Kier molecular flexibility index (Phi) is 7.67. The molecule has 1 aromatic heterocycles. The third-order valence-electron chi connectivity index (χ3n) is 6.31. The fourth-order valence-electron chi connectivity index (χ4n) is 4.38. The van der Waals surface area contributed by atoms with Crippen LogP contribution in [0.3, 0.4) is 0 Å². The van der Waals surface area contributed by atoms with Gasteiger partial charge in [-0.2, -0.15) is 0 Å². The number of alkyl halides is 3. The van der Waals surface area contributed by atoms with Crippen LogP contribution in [0.15, 0.2) is 53.3 Å². The van der Waals surface area contributed by atoms with Crippen molar-refractivity contribution in [3.8, 4) is 17.2 Å². The highest BCUT2D eigenvalue weighted by Gasteiger charge is 2.31. The maximum absolute atomic E-state index is 13.3. The van der Waals surface area contributed by atoms with Gasteiger partial charge in [-0.1, -0.05) is 0 Å². The van der Waals surface area contributed by atoms with Crippen molar-refractivity contribution in [3.63, 3.8) is 0 Å². The third-order valence-corrected chi connectivity index (χ3v) is 6.31.